The minimum Gasteiger partial charge on any atom is -0.437 e. The Balaban J connectivity index is 0.00000180. The van der Waals surface area contributed by atoms with Gasteiger partial charge in [0.05, 0.1) is 5.02 Å². The lowest BCUT2D eigenvalue weighted by Gasteiger charge is -2.09. The molecule has 2 rings (SSSR count). The minimum atomic E-state index is -0.412. The van der Waals surface area contributed by atoms with Gasteiger partial charge in [-0.25, -0.2) is 9.37 Å². The summed E-state index contributed by atoms with van der Waals surface area (Å²) in [4.78, 5) is 4.09. The predicted molar refractivity (Wildman–Crippen MR) is 75.6 cm³/mol. The SMILES string of the molecule is Cc1cc(Oc2cc(F)ccc2Cl)ncc1CN.Cl. The van der Waals surface area contributed by atoms with E-state index in [0.29, 0.717) is 17.4 Å². The summed E-state index contributed by atoms with van der Waals surface area (Å²) in [5, 5.41) is 0.332. The molecule has 0 saturated heterocycles. The van der Waals surface area contributed by atoms with Crippen LogP contribution in [-0.2, 0) is 6.54 Å². The van der Waals surface area contributed by atoms with Crippen LogP contribution in [0.1, 0.15) is 11.1 Å². The molecule has 0 saturated carbocycles. The first-order chi connectivity index (χ1) is 8.60. The number of hydrogen-bond acceptors (Lipinski definition) is 3. The predicted octanol–water partition coefficient (Wildman–Crippen LogP) is 3.86. The Hall–Kier alpha value is -1.36. The molecule has 0 aliphatic carbocycles. The third-order valence-electron chi connectivity index (χ3n) is 2.52. The highest BCUT2D eigenvalue weighted by Gasteiger charge is 2.07. The molecule has 1 aromatic carbocycles. The van der Waals surface area contributed by atoms with Gasteiger partial charge in [0.25, 0.3) is 0 Å². The Morgan fingerprint density at radius 3 is 2.74 bits per heavy atom. The van der Waals surface area contributed by atoms with Crippen LogP contribution in [0.2, 0.25) is 5.02 Å². The third-order valence-corrected chi connectivity index (χ3v) is 2.83. The van der Waals surface area contributed by atoms with Crippen molar-refractivity contribution in [2.75, 3.05) is 0 Å². The van der Waals surface area contributed by atoms with Crippen molar-refractivity contribution in [1.82, 2.24) is 4.98 Å². The molecule has 0 bridgehead atoms. The average Bonchev–Trinajstić information content (AvgIpc) is 2.34. The zero-order valence-corrected chi connectivity index (χ0v) is 11.8. The molecule has 0 radical (unpaired) electrons. The number of ether oxygens (including phenoxy) is 1. The van der Waals surface area contributed by atoms with Gasteiger partial charge in [-0.2, -0.15) is 0 Å². The summed E-state index contributed by atoms with van der Waals surface area (Å²) in [6, 6.07) is 5.67. The van der Waals surface area contributed by atoms with E-state index in [0.717, 1.165) is 11.1 Å². The normalized spacial score (nSPS) is 9.89. The molecule has 2 N–H and O–H groups in total. The van der Waals surface area contributed by atoms with E-state index in [9.17, 15) is 4.39 Å². The van der Waals surface area contributed by atoms with E-state index in [4.69, 9.17) is 22.1 Å². The van der Waals surface area contributed by atoms with E-state index in [1.807, 2.05) is 6.92 Å². The Bertz CT molecular complexity index is 579. The lowest BCUT2D eigenvalue weighted by atomic mass is 10.1. The highest BCUT2D eigenvalue weighted by Crippen LogP contribution is 2.29. The van der Waals surface area contributed by atoms with Crippen LogP contribution in [0.5, 0.6) is 11.6 Å². The number of aryl methyl sites for hydroxylation is 1. The Kier molecular flexibility index (Phi) is 5.54. The standard InChI is InChI=1S/C13H12ClFN2O.ClH/c1-8-4-13(17-7-9(8)6-16)18-12-5-10(15)2-3-11(12)14;/h2-5,7H,6,16H2,1H3;1H. The van der Waals surface area contributed by atoms with Crippen molar-refractivity contribution in [2.45, 2.75) is 13.5 Å². The van der Waals surface area contributed by atoms with E-state index in [2.05, 4.69) is 4.98 Å². The van der Waals surface area contributed by atoms with Crippen molar-refractivity contribution in [3.05, 3.63) is 52.4 Å². The van der Waals surface area contributed by atoms with E-state index in [1.165, 1.54) is 18.2 Å². The summed E-state index contributed by atoms with van der Waals surface area (Å²) in [6.45, 7) is 2.32. The summed E-state index contributed by atoms with van der Waals surface area (Å²) in [7, 11) is 0. The lowest BCUT2D eigenvalue weighted by molar-refractivity contribution is 0.457. The monoisotopic (exact) mass is 302 g/mol. The first kappa shape index (κ1) is 15.7. The van der Waals surface area contributed by atoms with Crippen molar-refractivity contribution < 1.29 is 9.13 Å². The second kappa shape index (κ2) is 6.70. The van der Waals surface area contributed by atoms with E-state index in [1.54, 1.807) is 12.3 Å². The molecule has 2 aromatic rings. The van der Waals surface area contributed by atoms with E-state index >= 15 is 0 Å². The molecular formula is C13H13Cl2FN2O. The fourth-order valence-corrected chi connectivity index (χ4v) is 1.65. The van der Waals surface area contributed by atoms with Crippen LogP contribution in [0.3, 0.4) is 0 Å². The summed E-state index contributed by atoms with van der Waals surface area (Å²) in [5.41, 5.74) is 7.45. The maximum Gasteiger partial charge on any atom is 0.219 e. The number of rotatable bonds is 3. The van der Waals surface area contributed by atoms with Crippen LogP contribution >= 0.6 is 24.0 Å². The topological polar surface area (TPSA) is 48.1 Å². The van der Waals surface area contributed by atoms with Gasteiger partial charge in [-0.1, -0.05) is 11.6 Å². The molecule has 6 heteroatoms. The molecule has 19 heavy (non-hydrogen) atoms. The molecular weight excluding hydrogens is 290 g/mol. The number of nitrogens with zero attached hydrogens (tertiary/aromatic N) is 1. The fourth-order valence-electron chi connectivity index (χ4n) is 1.50. The van der Waals surface area contributed by atoms with Crippen molar-refractivity contribution in [3.8, 4) is 11.6 Å². The van der Waals surface area contributed by atoms with Gasteiger partial charge in [-0.3, -0.25) is 0 Å². The number of hydrogen-bond donors (Lipinski definition) is 1. The quantitative estimate of drug-likeness (QED) is 0.936. The van der Waals surface area contributed by atoms with Crippen molar-refractivity contribution >= 4 is 24.0 Å². The maximum atomic E-state index is 13.1. The molecule has 0 unspecified atom stereocenters. The summed E-state index contributed by atoms with van der Waals surface area (Å²) in [6.07, 6.45) is 1.64. The third kappa shape index (κ3) is 3.80. The molecule has 1 aromatic heterocycles. The number of benzene rings is 1. The van der Waals surface area contributed by atoms with Crippen LogP contribution in [-0.4, -0.2) is 4.98 Å². The first-order valence-electron chi connectivity index (χ1n) is 5.38. The van der Waals surface area contributed by atoms with Gasteiger partial charge in [-0.05, 0) is 30.2 Å². The number of pyridine rings is 1. The molecule has 0 aliphatic rings. The summed E-state index contributed by atoms with van der Waals surface area (Å²) < 4.78 is 18.5. The molecule has 102 valence electrons. The van der Waals surface area contributed by atoms with Gasteiger partial charge in [0.2, 0.25) is 5.88 Å². The van der Waals surface area contributed by atoms with Crippen molar-refractivity contribution in [1.29, 1.82) is 0 Å². The fraction of sp³-hybridized carbons (Fsp3) is 0.154. The zero-order valence-electron chi connectivity index (χ0n) is 10.2. The Morgan fingerprint density at radius 2 is 2.11 bits per heavy atom. The zero-order chi connectivity index (χ0) is 13.1. The molecule has 0 aliphatic heterocycles. The molecule has 0 spiro atoms. The Labute approximate surface area is 122 Å². The van der Waals surface area contributed by atoms with Gasteiger partial charge in [0.15, 0.2) is 5.75 Å². The number of nitrogens with two attached hydrogens (primary N) is 1. The minimum absolute atomic E-state index is 0. The van der Waals surface area contributed by atoms with Gasteiger partial charge < -0.3 is 10.5 Å². The molecule has 3 nitrogen and oxygen atoms in total. The number of halogens is 3. The molecule has 0 atom stereocenters. The lowest BCUT2D eigenvalue weighted by Crippen LogP contribution is -2.00. The maximum absolute atomic E-state index is 13.1. The second-order valence-corrected chi connectivity index (χ2v) is 4.24. The van der Waals surface area contributed by atoms with Gasteiger partial charge >= 0.3 is 0 Å². The largest absolute Gasteiger partial charge is 0.437 e. The van der Waals surface area contributed by atoms with Crippen LogP contribution in [0.15, 0.2) is 30.5 Å². The smallest absolute Gasteiger partial charge is 0.219 e. The van der Waals surface area contributed by atoms with Gasteiger partial charge in [-0.15, -0.1) is 12.4 Å². The molecule has 1 heterocycles. The van der Waals surface area contributed by atoms with E-state index in [-0.39, 0.29) is 18.2 Å². The average molecular weight is 303 g/mol. The van der Waals surface area contributed by atoms with Crippen LogP contribution in [0, 0.1) is 12.7 Å². The van der Waals surface area contributed by atoms with Crippen LogP contribution in [0.25, 0.3) is 0 Å². The highest BCUT2D eigenvalue weighted by molar-refractivity contribution is 6.32. The Morgan fingerprint density at radius 1 is 1.37 bits per heavy atom. The molecule has 0 amide bonds. The molecule has 0 fully saturated rings. The van der Waals surface area contributed by atoms with Gasteiger partial charge in [0.1, 0.15) is 5.82 Å². The van der Waals surface area contributed by atoms with E-state index < -0.39 is 5.82 Å². The van der Waals surface area contributed by atoms with Crippen LogP contribution in [0.4, 0.5) is 4.39 Å². The first-order valence-corrected chi connectivity index (χ1v) is 5.76. The highest BCUT2D eigenvalue weighted by atomic mass is 35.5. The van der Waals surface area contributed by atoms with Crippen molar-refractivity contribution in [2.24, 2.45) is 5.73 Å². The summed E-state index contributed by atoms with van der Waals surface area (Å²) in [5.74, 6) is 0.186. The second-order valence-electron chi connectivity index (χ2n) is 3.83. The summed E-state index contributed by atoms with van der Waals surface area (Å²) >= 11 is 5.91. The number of aromatic nitrogens is 1. The van der Waals surface area contributed by atoms with Gasteiger partial charge in [0, 0.05) is 24.9 Å². The van der Waals surface area contributed by atoms with Crippen molar-refractivity contribution in [3.63, 3.8) is 0 Å². The van der Waals surface area contributed by atoms with Crippen LogP contribution < -0.4 is 10.5 Å².